The van der Waals surface area contributed by atoms with E-state index in [4.69, 9.17) is 13.9 Å². The summed E-state index contributed by atoms with van der Waals surface area (Å²) in [5.41, 5.74) is 3.86. The SMILES string of the molecule is CCOc1ccc(C(=O)CCC(=O)Nc2cc(-c3ccoc3)cc(-c3ccccc3)n2)cc1OCC. The fourth-order valence-electron chi connectivity index (χ4n) is 3.75. The number of ketones is 1. The Bertz CT molecular complexity index is 1320. The normalized spacial score (nSPS) is 10.6. The van der Waals surface area contributed by atoms with E-state index >= 15 is 0 Å². The van der Waals surface area contributed by atoms with E-state index in [0.29, 0.717) is 36.1 Å². The van der Waals surface area contributed by atoms with Crippen molar-refractivity contribution in [3.8, 4) is 33.9 Å². The molecule has 1 amide bonds. The summed E-state index contributed by atoms with van der Waals surface area (Å²) < 4.78 is 16.4. The van der Waals surface area contributed by atoms with E-state index in [1.54, 1.807) is 36.8 Å². The highest BCUT2D eigenvalue weighted by Gasteiger charge is 2.15. The fourth-order valence-corrected chi connectivity index (χ4v) is 3.75. The Balaban J connectivity index is 1.46. The Morgan fingerprint density at radius 1 is 0.833 bits per heavy atom. The predicted molar refractivity (Wildman–Crippen MR) is 138 cm³/mol. The number of rotatable bonds is 11. The van der Waals surface area contributed by atoms with Crippen LogP contribution in [0.25, 0.3) is 22.4 Å². The molecule has 0 bridgehead atoms. The van der Waals surface area contributed by atoms with Crippen molar-refractivity contribution >= 4 is 17.5 Å². The highest BCUT2D eigenvalue weighted by Crippen LogP contribution is 2.30. The summed E-state index contributed by atoms with van der Waals surface area (Å²) in [4.78, 5) is 30.1. The first-order valence-corrected chi connectivity index (χ1v) is 11.9. The number of amides is 1. The van der Waals surface area contributed by atoms with E-state index in [0.717, 1.165) is 22.4 Å². The quantitative estimate of drug-likeness (QED) is 0.248. The summed E-state index contributed by atoms with van der Waals surface area (Å²) >= 11 is 0. The van der Waals surface area contributed by atoms with E-state index < -0.39 is 0 Å². The van der Waals surface area contributed by atoms with E-state index in [-0.39, 0.29) is 24.5 Å². The number of furan rings is 1. The number of hydrogen-bond donors (Lipinski definition) is 1. The van der Waals surface area contributed by atoms with E-state index in [1.165, 1.54) is 0 Å². The van der Waals surface area contributed by atoms with Crippen molar-refractivity contribution in [2.24, 2.45) is 0 Å². The number of benzene rings is 2. The third kappa shape index (κ3) is 6.18. The molecule has 7 nitrogen and oxygen atoms in total. The van der Waals surface area contributed by atoms with Gasteiger partial charge in [0.1, 0.15) is 5.82 Å². The number of carbonyl (C=O) groups is 2. The van der Waals surface area contributed by atoms with Crippen LogP contribution in [-0.2, 0) is 4.79 Å². The van der Waals surface area contributed by atoms with Crippen molar-refractivity contribution in [3.63, 3.8) is 0 Å². The molecule has 0 radical (unpaired) electrons. The van der Waals surface area contributed by atoms with Crippen LogP contribution < -0.4 is 14.8 Å². The molecule has 0 spiro atoms. The number of carbonyl (C=O) groups excluding carboxylic acids is 2. The van der Waals surface area contributed by atoms with Gasteiger partial charge in [0, 0.05) is 29.5 Å². The molecule has 184 valence electrons. The number of nitrogens with one attached hydrogen (secondary N) is 1. The van der Waals surface area contributed by atoms with Gasteiger partial charge in [0.15, 0.2) is 17.3 Å². The zero-order valence-electron chi connectivity index (χ0n) is 20.3. The summed E-state index contributed by atoms with van der Waals surface area (Å²) in [6, 6.07) is 20.4. The van der Waals surface area contributed by atoms with Gasteiger partial charge in [0.05, 0.1) is 31.4 Å². The smallest absolute Gasteiger partial charge is 0.225 e. The minimum Gasteiger partial charge on any atom is -0.490 e. The lowest BCUT2D eigenvalue weighted by Crippen LogP contribution is -2.15. The molecule has 1 N–H and O–H groups in total. The molecule has 0 aliphatic heterocycles. The number of anilines is 1. The molecule has 0 saturated carbocycles. The average Bonchev–Trinajstić information content (AvgIpc) is 3.44. The Hall–Kier alpha value is -4.39. The van der Waals surface area contributed by atoms with Crippen LogP contribution in [0.1, 0.15) is 37.0 Å². The molecule has 0 saturated heterocycles. The van der Waals surface area contributed by atoms with Crippen molar-refractivity contribution in [2.45, 2.75) is 26.7 Å². The largest absolute Gasteiger partial charge is 0.490 e. The first-order valence-electron chi connectivity index (χ1n) is 11.9. The maximum absolute atomic E-state index is 12.8. The summed E-state index contributed by atoms with van der Waals surface area (Å²) in [5.74, 6) is 1.06. The minimum atomic E-state index is -0.296. The van der Waals surface area contributed by atoms with Crippen molar-refractivity contribution in [3.05, 3.63) is 84.8 Å². The van der Waals surface area contributed by atoms with Gasteiger partial charge in [-0.25, -0.2) is 4.98 Å². The van der Waals surface area contributed by atoms with Crippen LogP contribution in [0.2, 0.25) is 0 Å². The zero-order valence-corrected chi connectivity index (χ0v) is 20.3. The van der Waals surface area contributed by atoms with Gasteiger partial charge in [-0.1, -0.05) is 30.3 Å². The molecule has 2 heterocycles. The maximum Gasteiger partial charge on any atom is 0.225 e. The molecule has 0 atom stereocenters. The number of nitrogens with zero attached hydrogens (tertiary/aromatic N) is 1. The second-order valence-corrected chi connectivity index (χ2v) is 8.00. The van der Waals surface area contributed by atoms with Crippen LogP contribution in [0.15, 0.2) is 83.7 Å². The van der Waals surface area contributed by atoms with Gasteiger partial charge in [0.2, 0.25) is 5.91 Å². The van der Waals surface area contributed by atoms with Gasteiger partial charge in [-0.2, -0.15) is 0 Å². The lowest BCUT2D eigenvalue weighted by atomic mass is 10.0. The van der Waals surface area contributed by atoms with Gasteiger partial charge >= 0.3 is 0 Å². The highest BCUT2D eigenvalue weighted by atomic mass is 16.5. The van der Waals surface area contributed by atoms with Gasteiger partial charge in [0.25, 0.3) is 0 Å². The minimum absolute atomic E-state index is 0.0221. The second kappa shape index (κ2) is 11.8. The molecule has 0 fully saturated rings. The zero-order chi connectivity index (χ0) is 25.3. The van der Waals surface area contributed by atoms with Crippen molar-refractivity contribution < 1.29 is 23.5 Å². The van der Waals surface area contributed by atoms with Gasteiger partial charge in [-0.15, -0.1) is 0 Å². The molecule has 0 aliphatic carbocycles. The van der Waals surface area contributed by atoms with Crippen LogP contribution in [0.3, 0.4) is 0 Å². The molecule has 2 aromatic heterocycles. The average molecular weight is 485 g/mol. The van der Waals surface area contributed by atoms with E-state index in [1.807, 2.05) is 56.3 Å². The Kier molecular flexibility index (Phi) is 8.13. The summed E-state index contributed by atoms with van der Waals surface area (Å²) in [5, 5.41) is 2.84. The van der Waals surface area contributed by atoms with Crippen LogP contribution in [0.5, 0.6) is 11.5 Å². The summed E-state index contributed by atoms with van der Waals surface area (Å²) in [6.07, 6.45) is 3.31. The molecule has 0 unspecified atom stereocenters. The summed E-state index contributed by atoms with van der Waals surface area (Å²) in [7, 11) is 0. The van der Waals surface area contributed by atoms with Crippen LogP contribution in [0, 0.1) is 0 Å². The van der Waals surface area contributed by atoms with Crippen molar-refractivity contribution in [1.29, 1.82) is 0 Å². The van der Waals surface area contributed by atoms with Crippen molar-refractivity contribution in [1.82, 2.24) is 4.98 Å². The standard InChI is InChI=1S/C29H28N2O5/c1-3-35-26-12-10-21(17-27(26)36-4-2)25(32)11-13-29(33)31-28-18-23(22-14-15-34-19-22)16-24(30-28)20-8-6-5-7-9-20/h5-10,12,14-19H,3-4,11,13H2,1-2H3,(H,30,31,33). The van der Waals surface area contributed by atoms with Gasteiger partial charge < -0.3 is 19.2 Å². The predicted octanol–water partition coefficient (Wildman–Crippen LogP) is 6.41. The fraction of sp³-hybridized carbons (Fsp3) is 0.207. The van der Waals surface area contributed by atoms with Crippen LogP contribution >= 0.6 is 0 Å². The molecular formula is C29H28N2O5. The van der Waals surface area contributed by atoms with Crippen LogP contribution in [0.4, 0.5) is 5.82 Å². The molecule has 7 heteroatoms. The van der Waals surface area contributed by atoms with Crippen molar-refractivity contribution in [2.75, 3.05) is 18.5 Å². The molecular weight excluding hydrogens is 456 g/mol. The third-order valence-corrected chi connectivity index (χ3v) is 5.46. The van der Waals surface area contributed by atoms with Crippen LogP contribution in [-0.4, -0.2) is 29.9 Å². The number of ether oxygens (including phenoxy) is 2. The topological polar surface area (TPSA) is 90.7 Å². The molecule has 36 heavy (non-hydrogen) atoms. The maximum atomic E-state index is 12.8. The second-order valence-electron chi connectivity index (χ2n) is 8.00. The number of Topliss-reactive ketones (excluding diaryl/α,β-unsaturated/α-hetero) is 1. The first kappa shape index (κ1) is 24.7. The third-order valence-electron chi connectivity index (χ3n) is 5.46. The number of pyridine rings is 1. The molecule has 4 aromatic rings. The molecule has 4 rings (SSSR count). The number of hydrogen-bond acceptors (Lipinski definition) is 6. The molecule has 2 aromatic carbocycles. The highest BCUT2D eigenvalue weighted by molar-refractivity contribution is 6.00. The Morgan fingerprint density at radius 2 is 1.61 bits per heavy atom. The number of aromatic nitrogens is 1. The Labute approximate surface area is 210 Å². The summed E-state index contributed by atoms with van der Waals surface area (Å²) in [6.45, 7) is 4.70. The Morgan fingerprint density at radius 3 is 2.33 bits per heavy atom. The van der Waals surface area contributed by atoms with E-state index in [9.17, 15) is 9.59 Å². The van der Waals surface area contributed by atoms with Gasteiger partial charge in [-0.05, 0) is 55.8 Å². The van der Waals surface area contributed by atoms with E-state index in [2.05, 4.69) is 10.3 Å². The lowest BCUT2D eigenvalue weighted by Gasteiger charge is -2.12. The monoisotopic (exact) mass is 484 g/mol. The van der Waals surface area contributed by atoms with Gasteiger partial charge in [-0.3, -0.25) is 9.59 Å². The first-order chi connectivity index (χ1) is 17.6. The lowest BCUT2D eigenvalue weighted by molar-refractivity contribution is -0.116. The molecule has 0 aliphatic rings.